The van der Waals surface area contributed by atoms with E-state index in [4.69, 9.17) is 16.0 Å². The van der Waals surface area contributed by atoms with Gasteiger partial charge in [0.1, 0.15) is 5.58 Å². The lowest BCUT2D eigenvalue weighted by Crippen LogP contribution is -2.52. The molecule has 1 aromatic heterocycles. The van der Waals surface area contributed by atoms with E-state index in [0.29, 0.717) is 22.2 Å². The second-order valence-corrected chi connectivity index (χ2v) is 8.60. The van der Waals surface area contributed by atoms with E-state index in [1.54, 1.807) is 26.2 Å². The third-order valence-corrected chi connectivity index (χ3v) is 6.16. The third-order valence-electron chi connectivity index (χ3n) is 5.86. The number of nitrogens with zero attached hydrogens (tertiary/aromatic N) is 1. The van der Waals surface area contributed by atoms with E-state index in [1.807, 2.05) is 0 Å². The molecule has 2 heterocycles. The van der Waals surface area contributed by atoms with Crippen molar-refractivity contribution in [1.29, 1.82) is 0 Å². The summed E-state index contributed by atoms with van der Waals surface area (Å²) in [5.41, 5.74) is 1.48. The highest BCUT2D eigenvalue weighted by Gasteiger charge is 2.43. The molecule has 0 unspecified atom stereocenters. The summed E-state index contributed by atoms with van der Waals surface area (Å²) < 4.78 is 6.03. The van der Waals surface area contributed by atoms with Crippen LogP contribution < -0.4 is 16.0 Å². The van der Waals surface area contributed by atoms with Crippen LogP contribution in [0, 0.1) is 0 Å². The molecule has 3 N–H and O–H groups in total. The lowest BCUT2D eigenvalue weighted by Gasteiger charge is -2.42. The predicted octanol–water partition coefficient (Wildman–Crippen LogP) is 4.19. The molecule has 1 aliphatic carbocycles. The lowest BCUT2D eigenvalue weighted by atomic mass is 9.74. The van der Waals surface area contributed by atoms with Crippen LogP contribution in [0.15, 0.2) is 16.5 Å². The Labute approximate surface area is 179 Å². The summed E-state index contributed by atoms with van der Waals surface area (Å²) in [7, 11) is 3.31. The Morgan fingerprint density at radius 3 is 2.63 bits per heavy atom. The van der Waals surface area contributed by atoms with Gasteiger partial charge >= 0.3 is 6.03 Å². The van der Waals surface area contributed by atoms with Crippen molar-refractivity contribution in [2.24, 2.45) is 0 Å². The fourth-order valence-corrected chi connectivity index (χ4v) is 4.65. The number of carbonyl (C=O) groups excluding carboxylic acids is 3. The second kappa shape index (κ2) is 7.83. The van der Waals surface area contributed by atoms with Crippen LogP contribution in [0.3, 0.4) is 0 Å². The van der Waals surface area contributed by atoms with Gasteiger partial charge in [0, 0.05) is 44.0 Å². The average Bonchev–Trinajstić information content (AvgIpc) is 3.08. The van der Waals surface area contributed by atoms with E-state index in [2.05, 4.69) is 16.0 Å². The Bertz CT molecular complexity index is 1020. The number of hydrogen-bond acceptors (Lipinski definition) is 4. The highest BCUT2D eigenvalue weighted by molar-refractivity contribution is 6.35. The topological polar surface area (TPSA) is 104 Å². The molecular weight excluding hydrogens is 408 g/mol. The maximum Gasteiger partial charge on any atom is 0.319 e. The highest BCUT2D eigenvalue weighted by Crippen LogP contribution is 2.49. The van der Waals surface area contributed by atoms with Gasteiger partial charge in [0.15, 0.2) is 0 Å². The van der Waals surface area contributed by atoms with E-state index >= 15 is 0 Å². The first-order valence-corrected chi connectivity index (χ1v) is 10.5. The van der Waals surface area contributed by atoms with Crippen LogP contribution >= 0.6 is 11.6 Å². The predicted molar refractivity (Wildman–Crippen MR) is 115 cm³/mol. The molecule has 1 spiro atoms. The molecule has 1 aromatic carbocycles. The summed E-state index contributed by atoms with van der Waals surface area (Å²) in [4.78, 5) is 37.7. The van der Waals surface area contributed by atoms with Crippen molar-refractivity contribution in [3.63, 3.8) is 0 Å². The summed E-state index contributed by atoms with van der Waals surface area (Å²) in [6.07, 6.45) is 4.91. The summed E-state index contributed by atoms with van der Waals surface area (Å²) in [5, 5.41) is 9.83. The number of rotatable bonds is 4. The van der Waals surface area contributed by atoms with E-state index in [0.717, 1.165) is 43.1 Å². The molecule has 2 aliphatic rings. The van der Waals surface area contributed by atoms with Crippen LogP contribution in [0.4, 0.5) is 16.4 Å². The van der Waals surface area contributed by atoms with Crippen molar-refractivity contribution in [2.45, 2.75) is 50.5 Å². The Morgan fingerprint density at radius 1 is 1.20 bits per heavy atom. The Hall–Kier alpha value is -2.74. The molecule has 160 valence electrons. The van der Waals surface area contributed by atoms with Crippen LogP contribution in [-0.4, -0.2) is 36.8 Å². The van der Waals surface area contributed by atoms with Crippen molar-refractivity contribution in [3.05, 3.63) is 22.7 Å². The molecular formula is C21H25ClN4O4. The third kappa shape index (κ3) is 3.71. The number of anilines is 2. The standard InChI is InChI=1S/C21H25ClN4O4/c1-26(2)16(28)7-6-14(27)23-15-11-12-10-13(22)18-17(19(12)30-15)21(25-20(29)24-18)8-4-3-5-9-21/h10-11H,3-9H2,1-2H3,(H,23,27)(H2,24,25,29). The Balaban J connectivity index is 1.67. The number of carbonyl (C=O) groups is 3. The molecule has 8 nitrogen and oxygen atoms in total. The van der Waals surface area contributed by atoms with Crippen LogP contribution in [0.25, 0.3) is 11.0 Å². The highest BCUT2D eigenvalue weighted by atomic mass is 35.5. The van der Waals surface area contributed by atoms with Gasteiger partial charge in [-0.1, -0.05) is 30.9 Å². The largest absolute Gasteiger partial charge is 0.440 e. The Kier molecular flexibility index (Phi) is 5.36. The van der Waals surface area contributed by atoms with E-state index in [9.17, 15) is 14.4 Å². The molecule has 30 heavy (non-hydrogen) atoms. The zero-order valence-electron chi connectivity index (χ0n) is 17.1. The van der Waals surface area contributed by atoms with Gasteiger partial charge in [0.05, 0.1) is 16.2 Å². The van der Waals surface area contributed by atoms with Gasteiger partial charge in [0.2, 0.25) is 17.7 Å². The van der Waals surface area contributed by atoms with Gasteiger partial charge in [-0.3, -0.25) is 14.9 Å². The molecule has 2 aromatic rings. The molecule has 4 amide bonds. The van der Waals surface area contributed by atoms with Crippen molar-refractivity contribution in [2.75, 3.05) is 24.7 Å². The minimum absolute atomic E-state index is 0.0640. The van der Waals surface area contributed by atoms with Gasteiger partial charge in [-0.15, -0.1) is 0 Å². The molecule has 0 bridgehead atoms. The van der Waals surface area contributed by atoms with Crippen molar-refractivity contribution in [3.8, 4) is 0 Å². The molecule has 9 heteroatoms. The van der Waals surface area contributed by atoms with E-state index < -0.39 is 5.54 Å². The van der Waals surface area contributed by atoms with Crippen LogP contribution in [0.1, 0.15) is 50.5 Å². The number of nitrogens with one attached hydrogen (secondary N) is 3. The maximum atomic E-state index is 12.3. The van der Waals surface area contributed by atoms with Crippen LogP contribution in [0.2, 0.25) is 5.02 Å². The van der Waals surface area contributed by atoms with Crippen molar-refractivity contribution < 1.29 is 18.8 Å². The fourth-order valence-electron chi connectivity index (χ4n) is 4.39. The molecule has 1 aliphatic heterocycles. The summed E-state index contributed by atoms with van der Waals surface area (Å²) in [6.45, 7) is 0. The summed E-state index contributed by atoms with van der Waals surface area (Å²) in [6, 6.07) is 3.18. The number of amides is 4. The van der Waals surface area contributed by atoms with Gasteiger partial charge in [-0.25, -0.2) is 4.79 Å². The zero-order chi connectivity index (χ0) is 21.5. The quantitative estimate of drug-likeness (QED) is 0.673. The number of urea groups is 1. The minimum Gasteiger partial charge on any atom is -0.440 e. The Morgan fingerprint density at radius 2 is 1.93 bits per heavy atom. The average molecular weight is 433 g/mol. The number of hydrogen-bond donors (Lipinski definition) is 3. The first-order chi connectivity index (χ1) is 14.3. The molecule has 0 radical (unpaired) electrons. The normalized spacial score (nSPS) is 17.2. The number of fused-ring (bicyclic) bond motifs is 4. The first-order valence-electron chi connectivity index (χ1n) is 10.1. The molecule has 1 saturated carbocycles. The smallest absolute Gasteiger partial charge is 0.319 e. The minimum atomic E-state index is -0.531. The van der Waals surface area contributed by atoms with E-state index in [1.165, 1.54) is 4.90 Å². The van der Waals surface area contributed by atoms with Gasteiger partial charge in [-0.05, 0) is 18.9 Å². The number of benzene rings is 1. The van der Waals surface area contributed by atoms with E-state index in [-0.39, 0.29) is 30.7 Å². The van der Waals surface area contributed by atoms with Crippen molar-refractivity contribution in [1.82, 2.24) is 10.2 Å². The lowest BCUT2D eigenvalue weighted by molar-refractivity contribution is -0.130. The van der Waals surface area contributed by atoms with Crippen LogP contribution in [0.5, 0.6) is 0 Å². The summed E-state index contributed by atoms with van der Waals surface area (Å²) in [5.74, 6) is -0.126. The molecule has 1 fully saturated rings. The van der Waals surface area contributed by atoms with Crippen molar-refractivity contribution >= 4 is 52.0 Å². The van der Waals surface area contributed by atoms with Gasteiger partial charge in [0.25, 0.3) is 0 Å². The SMILES string of the molecule is CN(C)C(=O)CCC(=O)Nc1cc2cc(Cl)c3c(c2o1)C1(CCCCC1)NC(=O)N3. The van der Waals surface area contributed by atoms with Gasteiger partial charge in [-0.2, -0.15) is 0 Å². The maximum absolute atomic E-state index is 12.3. The molecule has 0 saturated heterocycles. The second-order valence-electron chi connectivity index (χ2n) is 8.20. The monoisotopic (exact) mass is 432 g/mol. The first kappa shape index (κ1) is 20.5. The zero-order valence-corrected chi connectivity index (χ0v) is 17.8. The van der Waals surface area contributed by atoms with Gasteiger partial charge < -0.3 is 20.0 Å². The number of furan rings is 1. The molecule has 0 atom stereocenters. The van der Waals surface area contributed by atoms with Crippen LogP contribution in [-0.2, 0) is 15.1 Å². The summed E-state index contributed by atoms with van der Waals surface area (Å²) >= 11 is 6.50. The molecule has 4 rings (SSSR count). The fraction of sp³-hybridized carbons (Fsp3) is 0.476. The number of halogens is 1.